The van der Waals surface area contributed by atoms with Crippen molar-refractivity contribution in [3.05, 3.63) is 29.8 Å². The summed E-state index contributed by atoms with van der Waals surface area (Å²) < 4.78 is 0. The standard InChI is InChI=1S/C8H9ClS.ClH/c1-10-8-4-2-3-7(5-8)6-9;/h2-5H,6H2,1H3;1H. The number of hydrogen-bond donors (Lipinski definition) is 0. The van der Waals surface area contributed by atoms with Crippen LogP contribution in [0, 0.1) is 0 Å². The van der Waals surface area contributed by atoms with E-state index in [2.05, 4.69) is 18.4 Å². The molecule has 0 nitrogen and oxygen atoms in total. The smallest absolute Gasteiger partial charge is 0.0474 e. The van der Waals surface area contributed by atoms with Crippen molar-refractivity contribution in [3.8, 4) is 0 Å². The van der Waals surface area contributed by atoms with Crippen molar-refractivity contribution in [2.45, 2.75) is 10.8 Å². The molecule has 1 aromatic carbocycles. The molecule has 0 aromatic heterocycles. The molecule has 62 valence electrons. The second kappa shape index (κ2) is 5.76. The van der Waals surface area contributed by atoms with Crippen molar-refractivity contribution in [3.63, 3.8) is 0 Å². The molecule has 0 aliphatic heterocycles. The maximum Gasteiger partial charge on any atom is 0.0474 e. The summed E-state index contributed by atoms with van der Waals surface area (Å²) in [5.74, 6) is 0.606. The van der Waals surface area contributed by atoms with Crippen LogP contribution < -0.4 is 0 Å². The summed E-state index contributed by atoms with van der Waals surface area (Å²) in [7, 11) is 0. The molecule has 0 spiro atoms. The third-order valence-corrected chi connectivity index (χ3v) is 2.32. The first-order chi connectivity index (χ1) is 4.86. The predicted molar refractivity (Wildman–Crippen MR) is 55.0 cm³/mol. The van der Waals surface area contributed by atoms with Crippen molar-refractivity contribution in [1.82, 2.24) is 0 Å². The summed E-state index contributed by atoms with van der Waals surface area (Å²) >= 11 is 7.39. The zero-order valence-electron chi connectivity index (χ0n) is 6.21. The highest BCUT2D eigenvalue weighted by molar-refractivity contribution is 7.98. The maximum absolute atomic E-state index is 5.65. The second-order valence-electron chi connectivity index (χ2n) is 1.99. The van der Waals surface area contributed by atoms with E-state index >= 15 is 0 Å². The van der Waals surface area contributed by atoms with E-state index in [1.54, 1.807) is 11.8 Å². The first-order valence-electron chi connectivity index (χ1n) is 3.05. The van der Waals surface area contributed by atoms with Gasteiger partial charge in [-0.1, -0.05) is 12.1 Å². The molecule has 1 aromatic rings. The van der Waals surface area contributed by atoms with Crippen LogP contribution in [0.4, 0.5) is 0 Å². The van der Waals surface area contributed by atoms with Gasteiger partial charge in [-0.05, 0) is 24.0 Å². The number of thioether (sulfide) groups is 1. The van der Waals surface area contributed by atoms with Crippen molar-refractivity contribution < 1.29 is 0 Å². The Hall–Kier alpha value is 0.150. The normalized spacial score (nSPS) is 8.91. The quantitative estimate of drug-likeness (QED) is 0.530. The molecule has 0 saturated carbocycles. The Morgan fingerprint density at radius 2 is 2.18 bits per heavy atom. The van der Waals surface area contributed by atoms with E-state index in [0.717, 1.165) is 0 Å². The van der Waals surface area contributed by atoms with Crippen LogP contribution in [0.3, 0.4) is 0 Å². The van der Waals surface area contributed by atoms with E-state index < -0.39 is 0 Å². The molecule has 0 saturated heterocycles. The average Bonchev–Trinajstić information content (AvgIpc) is 2.05. The van der Waals surface area contributed by atoms with Gasteiger partial charge in [0.1, 0.15) is 0 Å². The van der Waals surface area contributed by atoms with Gasteiger partial charge >= 0.3 is 0 Å². The van der Waals surface area contributed by atoms with Gasteiger partial charge in [-0.15, -0.1) is 35.8 Å². The minimum absolute atomic E-state index is 0. The van der Waals surface area contributed by atoms with Crippen LogP contribution in [-0.2, 0) is 5.88 Å². The van der Waals surface area contributed by atoms with Gasteiger partial charge in [-0.3, -0.25) is 0 Å². The van der Waals surface area contributed by atoms with Gasteiger partial charge in [0.05, 0.1) is 0 Å². The molecule has 0 aliphatic carbocycles. The van der Waals surface area contributed by atoms with E-state index in [4.69, 9.17) is 11.6 Å². The van der Waals surface area contributed by atoms with Crippen LogP contribution in [0.5, 0.6) is 0 Å². The van der Waals surface area contributed by atoms with Crippen molar-refractivity contribution in [1.29, 1.82) is 0 Å². The molecule has 0 unspecified atom stereocenters. The van der Waals surface area contributed by atoms with Crippen molar-refractivity contribution in [2.75, 3.05) is 6.26 Å². The molecule has 0 bridgehead atoms. The van der Waals surface area contributed by atoms with Crippen LogP contribution in [0.15, 0.2) is 29.2 Å². The summed E-state index contributed by atoms with van der Waals surface area (Å²) in [4.78, 5) is 1.28. The Morgan fingerprint density at radius 3 is 2.73 bits per heavy atom. The van der Waals surface area contributed by atoms with Crippen LogP contribution >= 0.6 is 35.8 Å². The SMILES string of the molecule is CSc1cccc(CCl)c1.Cl. The van der Waals surface area contributed by atoms with E-state index in [-0.39, 0.29) is 12.4 Å². The molecule has 0 N–H and O–H groups in total. The van der Waals surface area contributed by atoms with E-state index in [1.165, 1.54) is 10.5 Å². The summed E-state index contributed by atoms with van der Waals surface area (Å²) in [5.41, 5.74) is 1.19. The molecule has 0 heterocycles. The van der Waals surface area contributed by atoms with Crippen LogP contribution in [-0.4, -0.2) is 6.26 Å². The van der Waals surface area contributed by atoms with E-state index in [9.17, 15) is 0 Å². The first kappa shape index (κ1) is 11.2. The minimum Gasteiger partial charge on any atom is -0.147 e. The predicted octanol–water partition coefficient (Wildman–Crippen LogP) is 3.57. The molecule has 1 rings (SSSR count). The monoisotopic (exact) mass is 208 g/mol. The van der Waals surface area contributed by atoms with Gasteiger partial charge in [-0.25, -0.2) is 0 Å². The summed E-state index contributed by atoms with van der Waals surface area (Å²) in [6.07, 6.45) is 2.06. The zero-order valence-corrected chi connectivity index (χ0v) is 8.60. The third kappa shape index (κ3) is 3.37. The molecule has 0 amide bonds. The lowest BCUT2D eigenvalue weighted by molar-refractivity contribution is 1.33. The Morgan fingerprint density at radius 1 is 1.45 bits per heavy atom. The number of hydrogen-bond acceptors (Lipinski definition) is 1. The minimum atomic E-state index is 0. The summed E-state index contributed by atoms with van der Waals surface area (Å²) in [6.45, 7) is 0. The second-order valence-corrected chi connectivity index (χ2v) is 3.13. The molecular formula is C8H10Cl2S. The highest BCUT2D eigenvalue weighted by Gasteiger charge is 1.90. The highest BCUT2D eigenvalue weighted by atomic mass is 35.5. The van der Waals surface area contributed by atoms with Crippen LogP contribution in [0.25, 0.3) is 0 Å². The maximum atomic E-state index is 5.65. The van der Waals surface area contributed by atoms with Gasteiger partial charge in [0.2, 0.25) is 0 Å². The average molecular weight is 209 g/mol. The molecule has 0 radical (unpaired) electrons. The van der Waals surface area contributed by atoms with Crippen molar-refractivity contribution in [2.24, 2.45) is 0 Å². The van der Waals surface area contributed by atoms with Crippen LogP contribution in [0.1, 0.15) is 5.56 Å². The number of alkyl halides is 1. The fourth-order valence-electron chi connectivity index (χ4n) is 0.756. The number of benzene rings is 1. The zero-order chi connectivity index (χ0) is 7.40. The number of rotatable bonds is 2. The molecule has 0 fully saturated rings. The Kier molecular flexibility index (Phi) is 5.83. The van der Waals surface area contributed by atoms with E-state index in [1.807, 2.05) is 12.1 Å². The fourth-order valence-corrected chi connectivity index (χ4v) is 1.41. The summed E-state index contributed by atoms with van der Waals surface area (Å²) in [6, 6.07) is 8.26. The molecule has 3 heteroatoms. The first-order valence-corrected chi connectivity index (χ1v) is 4.81. The summed E-state index contributed by atoms with van der Waals surface area (Å²) in [5, 5.41) is 0. The topological polar surface area (TPSA) is 0 Å². The lowest BCUT2D eigenvalue weighted by Crippen LogP contribution is -1.76. The van der Waals surface area contributed by atoms with Gasteiger partial charge in [0.15, 0.2) is 0 Å². The largest absolute Gasteiger partial charge is 0.147 e. The lowest BCUT2D eigenvalue weighted by atomic mass is 10.2. The molecule has 0 aliphatic rings. The van der Waals surface area contributed by atoms with Crippen LogP contribution in [0.2, 0.25) is 0 Å². The molecule has 0 atom stereocenters. The van der Waals surface area contributed by atoms with Gasteiger partial charge in [0.25, 0.3) is 0 Å². The Balaban J connectivity index is 0.000001000. The molecular weight excluding hydrogens is 199 g/mol. The van der Waals surface area contributed by atoms with Gasteiger partial charge in [0, 0.05) is 10.8 Å². The van der Waals surface area contributed by atoms with E-state index in [0.29, 0.717) is 5.88 Å². The fraction of sp³-hybridized carbons (Fsp3) is 0.250. The third-order valence-electron chi connectivity index (χ3n) is 1.29. The number of halogens is 2. The van der Waals surface area contributed by atoms with Gasteiger partial charge < -0.3 is 0 Å². The van der Waals surface area contributed by atoms with Gasteiger partial charge in [-0.2, -0.15) is 0 Å². The Labute approximate surface area is 82.7 Å². The van der Waals surface area contributed by atoms with Crippen molar-refractivity contribution >= 4 is 35.8 Å². The Bertz CT molecular complexity index is 194. The molecule has 11 heavy (non-hydrogen) atoms. The lowest BCUT2D eigenvalue weighted by Gasteiger charge is -1.97. The highest BCUT2D eigenvalue weighted by Crippen LogP contribution is 2.16.